The van der Waals surface area contributed by atoms with Crippen molar-refractivity contribution in [3.8, 4) is 0 Å². The molecule has 13 heavy (non-hydrogen) atoms. The van der Waals surface area contributed by atoms with Crippen LogP contribution in [0.2, 0.25) is 0 Å². The smallest absolute Gasteiger partial charge is 0.0620 e. The SMILES string of the molecule is CC(C)(C)N1C[C@H]2CC[C@H](C1)C2O. The highest BCUT2D eigenvalue weighted by Crippen LogP contribution is 2.38. The second kappa shape index (κ2) is 2.96. The zero-order valence-electron chi connectivity index (χ0n) is 8.95. The molecule has 2 atom stereocenters. The molecule has 1 saturated heterocycles. The number of piperidine rings is 1. The van der Waals surface area contributed by atoms with Gasteiger partial charge in [0.15, 0.2) is 0 Å². The van der Waals surface area contributed by atoms with Gasteiger partial charge >= 0.3 is 0 Å². The molecule has 0 aromatic carbocycles. The zero-order valence-corrected chi connectivity index (χ0v) is 8.95. The van der Waals surface area contributed by atoms with Gasteiger partial charge in [0, 0.05) is 18.6 Å². The lowest BCUT2D eigenvalue weighted by Gasteiger charge is -2.43. The van der Waals surface area contributed by atoms with Crippen molar-refractivity contribution < 1.29 is 5.11 Å². The van der Waals surface area contributed by atoms with Crippen molar-refractivity contribution in [3.05, 3.63) is 0 Å². The van der Waals surface area contributed by atoms with Gasteiger partial charge in [-0.05, 0) is 45.4 Å². The molecule has 0 aromatic heterocycles. The molecule has 2 heteroatoms. The van der Waals surface area contributed by atoms with Gasteiger partial charge in [-0.15, -0.1) is 0 Å². The minimum Gasteiger partial charge on any atom is -0.392 e. The molecule has 2 fully saturated rings. The Bertz CT molecular complexity index is 183. The van der Waals surface area contributed by atoms with Gasteiger partial charge in [-0.25, -0.2) is 0 Å². The highest BCUT2D eigenvalue weighted by atomic mass is 16.3. The van der Waals surface area contributed by atoms with E-state index in [9.17, 15) is 5.11 Å². The molecule has 0 amide bonds. The van der Waals surface area contributed by atoms with Crippen molar-refractivity contribution in [1.29, 1.82) is 0 Å². The molecule has 0 spiro atoms. The van der Waals surface area contributed by atoms with Crippen LogP contribution in [0.3, 0.4) is 0 Å². The van der Waals surface area contributed by atoms with Gasteiger partial charge in [0.1, 0.15) is 0 Å². The number of aliphatic hydroxyl groups is 1. The van der Waals surface area contributed by atoms with Crippen molar-refractivity contribution >= 4 is 0 Å². The Morgan fingerprint density at radius 2 is 1.54 bits per heavy atom. The third-order valence-corrected chi connectivity index (χ3v) is 3.73. The van der Waals surface area contributed by atoms with Crippen LogP contribution in [0.4, 0.5) is 0 Å². The standard InChI is InChI=1S/C11H21NO/c1-11(2,3)12-6-8-4-5-9(7-12)10(8)13/h8-10,13H,4-7H2,1-3H3/t8-,9-/m1/s1. The quantitative estimate of drug-likeness (QED) is 0.615. The molecule has 1 aliphatic carbocycles. The van der Waals surface area contributed by atoms with Crippen molar-refractivity contribution in [3.63, 3.8) is 0 Å². The first-order valence-electron chi connectivity index (χ1n) is 5.41. The number of hydrogen-bond acceptors (Lipinski definition) is 2. The molecule has 1 aliphatic heterocycles. The molecule has 1 saturated carbocycles. The van der Waals surface area contributed by atoms with Gasteiger partial charge in [-0.3, -0.25) is 4.90 Å². The normalized spacial score (nSPS) is 41.1. The Kier molecular flexibility index (Phi) is 2.16. The Balaban J connectivity index is 2.07. The Labute approximate surface area is 80.9 Å². The first-order chi connectivity index (χ1) is 5.98. The number of fused-ring (bicyclic) bond motifs is 2. The Morgan fingerprint density at radius 1 is 1.08 bits per heavy atom. The van der Waals surface area contributed by atoms with Crippen LogP contribution in [-0.2, 0) is 0 Å². The summed E-state index contributed by atoms with van der Waals surface area (Å²) in [5.74, 6) is 1.11. The van der Waals surface area contributed by atoms with Crippen LogP contribution in [0.5, 0.6) is 0 Å². The molecule has 0 unspecified atom stereocenters. The predicted molar refractivity (Wildman–Crippen MR) is 53.5 cm³/mol. The van der Waals surface area contributed by atoms with Gasteiger partial charge in [-0.1, -0.05) is 0 Å². The number of aliphatic hydroxyl groups excluding tert-OH is 1. The number of likely N-dealkylation sites (tertiary alicyclic amines) is 1. The second-order valence-electron chi connectivity index (χ2n) is 5.66. The van der Waals surface area contributed by atoms with Crippen LogP contribution in [0.15, 0.2) is 0 Å². The highest BCUT2D eigenvalue weighted by molar-refractivity contribution is 4.95. The summed E-state index contributed by atoms with van der Waals surface area (Å²) in [6, 6.07) is 0. The number of nitrogens with zero attached hydrogens (tertiary/aromatic N) is 1. The Morgan fingerprint density at radius 3 is 1.92 bits per heavy atom. The molecular weight excluding hydrogens is 162 g/mol. The minimum atomic E-state index is -0.00130. The van der Waals surface area contributed by atoms with E-state index in [1.54, 1.807) is 0 Å². The lowest BCUT2D eigenvalue weighted by Crippen LogP contribution is -2.52. The molecule has 0 aromatic rings. The lowest BCUT2D eigenvalue weighted by atomic mass is 9.91. The number of hydrogen-bond donors (Lipinski definition) is 1. The van der Waals surface area contributed by atoms with E-state index in [1.165, 1.54) is 12.8 Å². The average Bonchev–Trinajstić information content (AvgIpc) is 2.29. The maximum Gasteiger partial charge on any atom is 0.0620 e. The van der Waals surface area contributed by atoms with Gasteiger partial charge in [0.25, 0.3) is 0 Å². The van der Waals surface area contributed by atoms with Crippen molar-refractivity contribution in [1.82, 2.24) is 4.90 Å². The zero-order chi connectivity index (χ0) is 9.64. The molecule has 2 bridgehead atoms. The van der Waals surface area contributed by atoms with E-state index in [0.29, 0.717) is 11.8 Å². The van der Waals surface area contributed by atoms with Crippen LogP contribution in [0.25, 0.3) is 0 Å². The summed E-state index contributed by atoms with van der Waals surface area (Å²) in [5.41, 5.74) is 0.279. The van der Waals surface area contributed by atoms with Crippen LogP contribution in [-0.4, -0.2) is 34.7 Å². The van der Waals surface area contributed by atoms with E-state index in [0.717, 1.165) is 13.1 Å². The summed E-state index contributed by atoms with van der Waals surface area (Å²) in [6.07, 6.45) is 2.47. The Hall–Kier alpha value is -0.0800. The van der Waals surface area contributed by atoms with Crippen LogP contribution in [0, 0.1) is 11.8 Å². The predicted octanol–water partition coefficient (Wildman–Crippen LogP) is 1.49. The molecule has 2 rings (SSSR count). The van der Waals surface area contributed by atoms with Crippen molar-refractivity contribution in [2.24, 2.45) is 11.8 Å². The molecule has 0 radical (unpaired) electrons. The topological polar surface area (TPSA) is 23.5 Å². The minimum absolute atomic E-state index is 0.00130. The summed E-state index contributed by atoms with van der Waals surface area (Å²) in [7, 11) is 0. The molecule has 76 valence electrons. The highest BCUT2D eigenvalue weighted by Gasteiger charge is 2.43. The van der Waals surface area contributed by atoms with Gasteiger partial charge in [0.2, 0.25) is 0 Å². The van der Waals surface area contributed by atoms with Crippen molar-refractivity contribution in [2.45, 2.75) is 45.3 Å². The monoisotopic (exact) mass is 183 g/mol. The van der Waals surface area contributed by atoms with E-state index >= 15 is 0 Å². The third kappa shape index (κ3) is 1.62. The lowest BCUT2D eigenvalue weighted by molar-refractivity contribution is -0.0171. The fourth-order valence-electron chi connectivity index (χ4n) is 2.74. The third-order valence-electron chi connectivity index (χ3n) is 3.73. The summed E-state index contributed by atoms with van der Waals surface area (Å²) in [5, 5.41) is 9.87. The fourth-order valence-corrected chi connectivity index (χ4v) is 2.74. The number of rotatable bonds is 0. The van der Waals surface area contributed by atoms with E-state index in [-0.39, 0.29) is 11.6 Å². The van der Waals surface area contributed by atoms with Crippen LogP contribution >= 0.6 is 0 Å². The van der Waals surface area contributed by atoms with E-state index in [4.69, 9.17) is 0 Å². The maximum atomic E-state index is 9.87. The average molecular weight is 183 g/mol. The summed E-state index contributed by atoms with van der Waals surface area (Å²) < 4.78 is 0. The molecular formula is C11H21NO. The van der Waals surface area contributed by atoms with Gasteiger partial charge in [-0.2, -0.15) is 0 Å². The first-order valence-corrected chi connectivity index (χ1v) is 5.41. The van der Waals surface area contributed by atoms with Crippen LogP contribution < -0.4 is 0 Å². The van der Waals surface area contributed by atoms with Gasteiger partial charge in [0.05, 0.1) is 6.10 Å². The maximum absolute atomic E-state index is 9.87. The second-order valence-corrected chi connectivity index (χ2v) is 5.66. The van der Waals surface area contributed by atoms with E-state index in [1.807, 2.05) is 0 Å². The summed E-state index contributed by atoms with van der Waals surface area (Å²) in [4.78, 5) is 2.53. The molecule has 1 N–H and O–H groups in total. The molecule has 2 aliphatic rings. The van der Waals surface area contributed by atoms with Crippen molar-refractivity contribution in [2.75, 3.05) is 13.1 Å². The van der Waals surface area contributed by atoms with Gasteiger partial charge < -0.3 is 5.11 Å². The summed E-state index contributed by atoms with van der Waals surface area (Å²) in [6.45, 7) is 9.00. The van der Waals surface area contributed by atoms with E-state index in [2.05, 4.69) is 25.7 Å². The summed E-state index contributed by atoms with van der Waals surface area (Å²) >= 11 is 0. The van der Waals surface area contributed by atoms with Crippen LogP contribution in [0.1, 0.15) is 33.6 Å². The largest absolute Gasteiger partial charge is 0.392 e. The molecule has 2 nitrogen and oxygen atoms in total. The van der Waals surface area contributed by atoms with E-state index < -0.39 is 0 Å². The first kappa shape index (κ1) is 9.47. The molecule has 1 heterocycles. The fraction of sp³-hybridized carbons (Fsp3) is 1.00.